The molecule has 0 bridgehead atoms. The lowest BCUT2D eigenvalue weighted by Crippen LogP contribution is -2.25. The number of nitrogens with zero attached hydrogens (tertiary/aromatic N) is 1. The molecule has 1 aliphatic heterocycles. The Morgan fingerprint density at radius 1 is 1.33 bits per heavy atom. The smallest absolute Gasteiger partial charge is 0.0954 e. The second-order valence-electron chi connectivity index (χ2n) is 6.62. The van der Waals surface area contributed by atoms with Gasteiger partial charge in [0.05, 0.1) is 16.8 Å². The van der Waals surface area contributed by atoms with Crippen LogP contribution in [0.15, 0.2) is 34.5 Å². The molecule has 112 valence electrons. The molecule has 1 aliphatic rings. The molecule has 2 nitrogen and oxygen atoms in total. The molecule has 3 rings (SSSR count). The Labute approximate surface area is 134 Å². The fraction of sp³-hybridized carbons (Fsp3) is 0.471. The second-order valence-corrected chi connectivity index (χ2v) is 8.84. The predicted octanol–water partition coefficient (Wildman–Crippen LogP) is 4.06. The van der Waals surface area contributed by atoms with Crippen LogP contribution in [-0.2, 0) is 18.3 Å². The van der Waals surface area contributed by atoms with E-state index >= 15 is 0 Å². The number of aliphatic hydroxyl groups is 1. The Hall–Kier alpha value is -0.840. The van der Waals surface area contributed by atoms with Crippen LogP contribution in [0.1, 0.15) is 37.0 Å². The van der Waals surface area contributed by atoms with Crippen LogP contribution in [0.4, 0.5) is 0 Å². The number of rotatable bonds is 3. The van der Waals surface area contributed by atoms with Crippen molar-refractivity contribution in [1.29, 1.82) is 0 Å². The average molecular weight is 319 g/mol. The highest BCUT2D eigenvalue weighted by atomic mass is 32.2. The van der Waals surface area contributed by atoms with E-state index in [2.05, 4.69) is 50.4 Å². The summed E-state index contributed by atoms with van der Waals surface area (Å²) < 4.78 is 0. The van der Waals surface area contributed by atoms with E-state index in [4.69, 9.17) is 4.98 Å². The molecule has 0 radical (unpaired) electrons. The van der Waals surface area contributed by atoms with Gasteiger partial charge in [-0.15, -0.1) is 23.1 Å². The van der Waals surface area contributed by atoms with Crippen LogP contribution in [0.25, 0.3) is 0 Å². The van der Waals surface area contributed by atoms with E-state index in [0.29, 0.717) is 6.42 Å². The fourth-order valence-corrected chi connectivity index (χ4v) is 4.86. The Morgan fingerprint density at radius 3 is 2.76 bits per heavy atom. The minimum absolute atomic E-state index is 0.0814. The molecule has 1 aromatic carbocycles. The Morgan fingerprint density at radius 2 is 2.10 bits per heavy atom. The van der Waals surface area contributed by atoms with Crippen LogP contribution in [0, 0.1) is 0 Å². The number of aliphatic hydroxyl groups excluding tert-OH is 1. The van der Waals surface area contributed by atoms with Crippen molar-refractivity contribution in [3.63, 3.8) is 0 Å². The minimum atomic E-state index is -0.332. The van der Waals surface area contributed by atoms with Gasteiger partial charge in [0, 0.05) is 27.4 Å². The van der Waals surface area contributed by atoms with E-state index in [9.17, 15) is 5.11 Å². The van der Waals surface area contributed by atoms with E-state index in [1.54, 1.807) is 23.1 Å². The Bertz CT molecular complexity index is 605. The maximum Gasteiger partial charge on any atom is 0.0954 e. The zero-order valence-electron chi connectivity index (χ0n) is 12.7. The lowest BCUT2D eigenvalue weighted by Gasteiger charge is -2.16. The van der Waals surface area contributed by atoms with Crippen LogP contribution in [-0.4, -0.2) is 21.4 Å². The molecule has 0 aliphatic carbocycles. The van der Waals surface area contributed by atoms with Gasteiger partial charge in [0.2, 0.25) is 0 Å². The van der Waals surface area contributed by atoms with Gasteiger partial charge >= 0.3 is 0 Å². The first-order chi connectivity index (χ1) is 9.93. The molecule has 21 heavy (non-hydrogen) atoms. The van der Waals surface area contributed by atoms with E-state index in [1.807, 2.05) is 0 Å². The number of hydrogen-bond donors (Lipinski definition) is 1. The maximum atomic E-state index is 10.5. The highest BCUT2D eigenvalue weighted by molar-refractivity contribution is 8.00. The van der Waals surface area contributed by atoms with Crippen LogP contribution < -0.4 is 0 Å². The van der Waals surface area contributed by atoms with Gasteiger partial charge in [-0.25, -0.2) is 4.98 Å². The van der Waals surface area contributed by atoms with Gasteiger partial charge in [0.15, 0.2) is 0 Å². The number of aromatic nitrogens is 1. The van der Waals surface area contributed by atoms with Crippen LogP contribution in [0.3, 0.4) is 0 Å². The van der Waals surface area contributed by atoms with Gasteiger partial charge in [0.25, 0.3) is 0 Å². The summed E-state index contributed by atoms with van der Waals surface area (Å²) in [6.07, 6.45) is 1.28. The molecule has 0 fully saturated rings. The Balaban J connectivity index is 1.65. The fourth-order valence-electron chi connectivity index (χ4n) is 2.48. The Kier molecular flexibility index (Phi) is 4.12. The third-order valence-electron chi connectivity index (χ3n) is 3.81. The van der Waals surface area contributed by atoms with Crippen molar-refractivity contribution in [2.75, 3.05) is 0 Å². The van der Waals surface area contributed by atoms with Crippen LogP contribution in [0.2, 0.25) is 0 Å². The first-order valence-corrected chi connectivity index (χ1v) is 9.07. The topological polar surface area (TPSA) is 33.1 Å². The van der Waals surface area contributed by atoms with Crippen molar-refractivity contribution < 1.29 is 5.11 Å². The van der Waals surface area contributed by atoms with E-state index < -0.39 is 0 Å². The molecule has 0 saturated heterocycles. The summed E-state index contributed by atoms with van der Waals surface area (Å²) in [5.74, 6) is 0. The molecule has 0 saturated carbocycles. The summed E-state index contributed by atoms with van der Waals surface area (Å²) in [4.78, 5) is 6.01. The first kappa shape index (κ1) is 15.1. The number of hydrogen-bond acceptors (Lipinski definition) is 4. The van der Waals surface area contributed by atoms with E-state index in [-0.39, 0.29) is 16.8 Å². The molecule has 1 aromatic heterocycles. The van der Waals surface area contributed by atoms with E-state index in [1.165, 1.54) is 10.5 Å². The third kappa shape index (κ3) is 3.33. The molecule has 2 atom stereocenters. The van der Waals surface area contributed by atoms with Gasteiger partial charge in [-0.05, 0) is 18.1 Å². The molecular formula is C17H21NOS2. The zero-order chi connectivity index (χ0) is 15.0. The lowest BCUT2D eigenvalue weighted by atomic mass is 9.93. The van der Waals surface area contributed by atoms with Gasteiger partial charge in [-0.2, -0.15) is 0 Å². The first-order valence-electron chi connectivity index (χ1n) is 7.31. The van der Waals surface area contributed by atoms with Gasteiger partial charge in [0.1, 0.15) is 0 Å². The normalized spacial score (nSPS) is 19.5. The van der Waals surface area contributed by atoms with Crippen LogP contribution in [0.5, 0.6) is 0 Å². The largest absolute Gasteiger partial charge is 0.392 e. The molecule has 0 amide bonds. The van der Waals surface area contributed by atoms with E-state index in [0.717, 1.165) is 17.1 Å². The standard InChI is InChI=1S/C17H21NOS2/c1-17(2,3)15-10-20-16(18-15)9-12(19)14-8-11-6-4-5-7-13(11)21-14/h4-7,10,12,14,19H,8-9H2,1-3H3. The van der Waals surface area contributed by atoms with Crippen molar-refractivity contribution in [2.45, 2.75) is 55.3 Å². The molecule has 1 N–H and O–H groups in total. The van der Waals surface area contributed by atoms with Crippen molar-refractivity contribution in [1.82, 2.24) is 4.98 Å². The monoisotopic (exact) mass is 319 g/mol. The van der Waals surface area contributed by atoms with Crippen molar-refractivity contribution in [3.05, 3.63) is 45.9 Å². The molecule has 2 heterocycles. The summed E-state index contributed by atoms with van der Waals surface area (Å²) in [7, 11) is 0. The minimum Gasteiger partial charge on any atom is -0.392 e. The molecule has 0 spiro atoms. The molecule has 4 heteroatoms. The van der Waals surface area contributed by atoms with Gasteiger partial charge in [-0.3, -0.25) is 0 Å². The summed E-state index contributed by atoms with van der Waals surface area (Å²) in [6.45, 7) is 6.52. The summed E-state index contributed by atoms with van der Waals surface area (Å²) in [5, 5.41) is 14.0. The maximum absolute atomic E-state index is 10.5. The van der Waals surface area contributed by atoms with Crippen molar-refractivity contribution in [2.24, 2.45) is 0 Å². The number of benzene rings is 1. The summed E-state index contributed by atoms with van der Waals surface area (Å²) in [5.41, 5.74) is 2.57. The molecule has 2 unspecified atom stereocenters. The number of thioether (sulfide) groups is 1. The number of fused-ring (bicyclic) bond motifs is 1. The zero-order valence-corrected chi connectivity index (χ0v) is 14.3. The average Bonchev–Trinajstić information content (AvgIpc) is 3.03. The van der Waals surface area contributed by atoms with Gasteiger partial charge in [-0.1, -0.05) is 39.0 Å². The summed E-state index contributed by atoms with van der Waals surface area (Å²) >= 11 is 3.47. The number of thiazole rings is 1. The molecular weight excluding hydrogens is 298 g/mol. The van der Waals surface area contributed by atoms with Gasteiger partial charge < -0.3 is 5.11 Å². The quantitative estimate of drug-likeness (QED) is 0.926. The van der Waals surface area contributed by atoms with Crippen molar-refractivity contribution >= 4 is 23.1 Å². The summed E-state index contributed by atoms with van der Waals surface area (Å²) in [6, 6.07) is 8.45. The highest BCUT2D eigenvalue weighted by Gasteiger charge is 2.29. The lowest BCUT2D eigenvalue weighted by molar-refractivity contribution is 0.172. The van der Waals surface area contributed by atoms with Crippen molar-refractivity contribution in [3.8, 4) is 0 Å². The predicted molar refractivity (Wildman–Crippen MR) is 90.3 cm³/mol. The second kappa shape index (κ2) is 5.75. The highest BCUT2D eigenvalue weighted by Crippen LogP contribution is 2.39. The molecule has 2 aromatic rings. The van der Waals surface area contributed by atoms with Crippen LogP contribution >= 0.6 is 23.1 Å². The SMILES string of the molecule is CC(C)(C)c1csc(CC(O)C2Cc3ccccc3S2)n1. The third-order valence-corrected chi connectivity index (χ3v) is 6.11.